The van der Waals surface area contributed by atoms with E-state index in [-0.39, 0.29) is 5.41 Å². The van der Waals surface area contributed by atoms with Gasteiger partial charge in [0.2, 0.25) is 0 Å². The second-order valence-corrected chi connectivity index (χ2v) is 6.21. The average Bonchev–Trinajstić information content (AvgIpc) is 2.26. The molecule has 1 atom stereocenters. The number of hydrogen-bond donors (Lipinski definition) is 0. The summed E-state index contributed by atoms with van der Waals surface area (Å²) < 4.78 is 0. The SMILES string of the molecule is CC(C)(C)C(Br)c1cccc2ccccc12. The Morgan fingerprint density at radius 1 is 0.938 bits per heavy atom. The summed E-state index contributed by atoms with van der Waals surface area (Å²) in [5.74, 6) is 0. The fourth-order valence-electron chi connectivity index (χ4n) is 1.94. The minimum Gasteiger partial charge on any atom is -0.0833 e. The maximum Gasteiger partial charge on any atom is 0.0449 e. The number of halogens is 1. The molecule has 0 bridgehead atoms. The minimum absolute atomic E-state index is 0.226. The molecule has 0 fully saturated rings. The van der Waals surface area contributed by atoms with E-state index < -0.39 is 0 Å². The molecular formula is C15H17Br. The molecule has 0 saturated heterocycles. The third kappa shape index (κ3) is 2.15. The molecule has 0 spiro atoms. The number of alkyl halides is 1. The molecular weight excluding hydrogens is 260 g/mol. The van der Waals surface area contributed by atoms with E-state index in [0.29, 0.717) is 4.83 Å². The van der Waals surface area contributed by atoms with Crippen LogP contribution in [0.15, 0.2) is 42.5 Å². The highest BCUT2D eigenvalue weighted by Crippen LogP contribution is 2.42. The van der Waals surface area contributed by atoms with Crippen LogP contribution in [0.1, 0.15) is 31.2 Å². The Labute approximate surface area is 106 Å². The molecule has 1 unspecified atom stereocenters. The monoisotopic (exact) mass is 276 g/mol. The molecule has 2 rings (SSSR count). The number of fused-ring (bicyclic) bond motifs is 1. The van der Waals surface area contributed by atoms with Crippen LogP contribution >= 0.6 is 15.9 Å². The summed E-state index contributed by atoms with van der Waals surface area (Å²) in [7, 11) is 0. The van der Waals surface area contributed by atoms with Crippen LogP contribution in [0.3, 0.4) is 0 Å². The molecule has 0 nitrogen and oxygen atoms in total. The van der Waals surface area contributed by atoms with Gasteiger partial charge >= 0.3 is 0 Å². The maximum absolute atomic E-state index is 3.83. The van der Waals surface area contributed by atoms with Crippen molar-refractivity contribution in [3.63, 3.8) is 0 Å². The molecule has 2 aromatic carbocycles. The zero-order valence-corrected chi connectivity index (χ0v) is 11.6. The van der Waals surface area contributed by atoms with E-state index in [1.54, 1.807) is 0 Å². The second-order valence-electron chi connectivity index (χ2n) is 5.30. The summed E-state index contributed by atoms with van der Waals surface area (Å²) in [5, 5.41) is 2.66. The van der Waals surface area contributed by atoms with Crippen molar-refractivity contribution in [2.24, 2.45) is 5.41 Å². The third-order valence-corrected chi connectivity index (χ3v) is 4.72. The van der Waals surface area contributed by atoms with Gasteiger partial charge in [-0.05, 0) is 21.8 Å². The predicted molar refractivity (Wildman–Crippen MR) is 75.1 cm³/mol. The molecule has 0 aliphatic carbocycles. The molecule has 0 saturated carbocycles. The zero-order chi connectivity index (χ0) is 11.8. The molecule has 1 heteroatoms. The first-order chi connectivity index (χ1) is 7.50. The van der Waals surface area contributed by atoms with E-state index in [9.17, 15) is 0 Å². The highest BCUT2D eigenvalue weighted by Gasteiger charge is 2.24. The van der Waals surface area contributed by atoms with E-state index in [1.807, 2.05) is 0 Å². The summed E-state index contributed by atoms with van der Waals surface area (Å²) in [4.78, 5) is 0.381. The van der Waals surface area contributed by atoms with Gasteiger partial charge in [-0.15, -0.1) is 0 Å². The molecule has 84 valence electrons. The Bertz CT molecular complexity index is 489. The Balaban J connectivity index is 2.61. The van der Waals surface area contributed by atoms with Crippen molar-refractivity contribution >= 4 is 26.7 Å². The van der Waals surface area contributed by atoms with E-state index in [0.717, 1.165) is 0 Å². The average molecular weight is 277 g/mol. The number of rotatable bonds is 1. The lowest BCUT2D eigenvalue weighted by Crippen LogP contribution is -2.13. The summed E-state index contributed by atoms with van der Waals surface area (Å²) >= 11 is 3.83. The van der Waals surface area contributed by atoms with Crippen molar-refractivity contribution in [3.8, 4) is 0 Å². The molecule has 16 heavy (non-hydrogen) atoms. The van der Waals surface area contributed by atoms with Gasteiger partial charge in [-0.25, -0.2) is 0 Å². The molecule has 0 radical (unpaired) electrons. The summed E-state index contributed by atoms with van der Waals surface area (Å²) in [6, 6.07) is 15.1. The number of hydrogen-bond acceptors (Lipinski definition) is 0. The minimum atomic E-state index is 0.226. The van der Waals surface area contributed by atoms with E-state index in [2.05, 4.69) is 79.2 Å². The lowest BCUT2D eigenvalue weighted by Gasteiger charge is -2.27. The van der Waals surface area contributed by atoms with Gasteiger partial charge in [0.1, 0.15) is 0 Å². The summed E-state index contributed by atoms with van der Waals surface area (Å²) in [6.45, 7) is 6.77. The lowest BCUT2D eigenvalue weighted by molar-refractivity contribution is 0.409. The fourth-order valence-corrected chi connectivity index (χ4v) is 2.34. The van der Waals surface area contributed by atoms with E-state index in [1.165, 1.54) is 16.3 Å². The van der Waals surface area contributed by atoms with Gasteiger partial charge in [0, 0.05) is 4.83 Å². The van der Waals surface area contributed by atoms with Crippen molar-refractivity contribution in [2.75, 3.05) is 0 Å². The highest BCUT2D eigenvalue weighted by molar-refractivity contribution is 9.09. The molecule has 0 aliphatic heterocycles. The first kappa shape index (κ1) is 11.7. The molecule has 0 N–H and O–H groups in total. The van der Waals surface area contributed by atoms with Gasteiger partial charge in [0.15, 0.2) is 0 Å². The largest absolute Gasteiger partial charge is 0.0833 e. The predicted octanol–water partition coefficient (Wildman–Crippen LogP) is 5.32. The molecule has 0 aliphatic rings. The first-order valence-corrected chi connectivity index (χ1v) is 6.53. The Morgan fingerprint density at radius 3 is 2.25 bits per heavy atom. The lowest BCUT2D eigenvalue weighted by atomic mass is 9.86. The quantitative estimate of drug-likeness (QED) is 0.619. The topological polar surface area (TPSA) is 0 Å². The van der Waals surface area contributed by atoms with Crippen molar-refractivity contribution in [2.45, 2.75) is 25.6 Å². The van der Waals surface area contributed by atoms with Gasteiger partial charge in [0.25, 0.3) is 0 Å². The maximum atomic E-state index is 3.83. The summed E-state index contributed by atoms with van der Waals surface area (Å²) in [6.07, 6.45) is 0. The van der Waals surface area contributed by atoms with Crippen LogP contribution in [0, 0.1) is 5.41 Å². The van der Waals surface area contributed by atoms with Crippen LogP contribution in [-0.2, 0) is 0 Å². The van der Waals surface area contributed by atoms with Crippen molar-refractivity contribution in [1.29, 1.82) is 0 Å². The van der Waals surface area contributed by atoms with Crippen LogP contribution in [0.5, 0.6) is 0 Å². The van der Waals surface area contributed by atoms with Crippen molar-refractivity contribution < 1.29 is 0 Å². The van der Waals surface area contributed by atoms with E-state index in [4.69, 9.17) is 0 Å². The normalized spacial score (nSPS) is 14.0. The fraction of sp³-hybridized carbons (Fsp3) is 0.333. The van der Waals surface area contributed by atoms with Gasteiger partial charge in [0.05, 0.1) is 0 Å². The molecule has 0 heterocycles. The molecule has 0 aromatic heterocycles. The summed E-state index contributed by atoms with van der Waals surface area (Å²) in [5.41, 5.74) is 1.61. The van der Waals surface area contributed by atoms with Gasteiger partial charge < -0.3 is 0 Å². The Morgan fingerprint density at radius 2 is 1.56 bits per heavy atom. The molecule has 0 amide bonds. The smallest absolute Gasteiger partial charge is 0.0449 e. The number of benzene rings is 2. The first-order valence-electron chi connectivity index (χ1n) is 5.62. The zero-order valence-electron chi connectivity index (χ0n) is 10.00. The molecule has 2 aromatic rings. The van der Waals surface area contributed by atoms with Crippen LogP contribution in [0.4, 0.5) is 0 Å². The third-order valence-electron chi connectivity index (χ3n) is 2.86. The van der Waals surface area contributed by atoms with Crippen LogP contribution in [0.2, 0.25) is 0 Å². The second kappa shape index (κ2) is 4.21. The van der Waals surface area contributed by atoms with Crippen molar-refractivity contribution in [1.82, 2.24) is 0 Å². The van der Waals surface area contributed by atoms with Crippen molar-refractivity contribution in [3.05, 3.63) is 48.0 Å². The van der Waals surface area contributed by atoms with E-state index >= 15 is 0 Å². The van der Waals surface area contributed by atoms with Crippen LogP contribution in [0.25, 0.3) is 10.8 Å². The Hall–Kier alpha value is -0.820. The highest BCUT2D eigenvalue weighted by atomic mass is 79.9. The van der Waals surface area contributed by atoms with Crippen LogP contribution in [-0.4, -0.2) is 0 Å². The van der Waals surface area contributed by atoms with Crippen LogP contribution < -0.4 is 0 Å². The van der Waals surface area contributed by atoms with Gasteiger partial charge in [-0.1, -0.05) is 79.2 Å². The Kier molecular flexibility index (Phi) is 3.07. The standard InChI is InChI=1S/C15H17Br/c1-15(2,3)14(16)13-10-6-8-11-7-4-5-9-12(11)13/h4-10,14H,1-3H3. The van der Waals surface area contributed by atoms with Gasteiger partial charge in [-0.3, -0.25) is 0 Å². The van der Waals surface area contributed by atoms with Gasteiger partial charge in [-0.2, -0.15) is 0 Å².